The van der Waals surface area contributed by atoms with Gasteiger partial charge in [-0.15, -0.1) is 0 Å². The lowest BCUT2D eigenvalue weighted by molar-refractivity contribution is 0.398. The predicted octanol–water partition coefficient (Wildman–Crippen LogP) is 0.738. The van der Waals surface area contributed by atoms with Gasteiger partial charge in [0.05, 0.1) is 7.11 Å². The first-order valence-electron chi connectivity index (χ1n) is 3.24. The van der Waals surface area contributed by atoms with E-state index in [2.05, 4.69) is 9.97 Å². The summed E-state index contributed by atoms with van der Waals surface area (Å²) < 4.78 is 6.75. The molecular weight excluding hydrogens is 142 g/mol. The molecule has 11 heavy (non-hydrogen) atoms. The van der Waals surface area contributed by atoms with Crippen LogP contribution in [-0.4, -0.2) is 21.5 Å². The van der Waals surface area contributed by atoms with Crippen LogP contribution in [0.25, 0.3) is 5.78 Å². The van der Waals surface area contributed by atoms with Crippen LogP contribution in [-0.2, 0) is 0 Å². The first-order valence-corrected chi connectivity index (χ1v) is 3.24. The Bertz CT molecular complexity index is 368. The van der Waals surface area contributed by atoms with Crippen molar-refractivity contribution < 1.29 is 4.74 Å². The summed E-state index contributed by atoms with van der Waals surface area (Å²) in [7, 11) is 1.59. The number of fused-ring (bicyclic) bond motifs is 1. The summed E-state index contributed by atoms with van der Waals surface area (Å²) in [5.41, 5.74) is 0. The van der Waals surface area contributed by atoms with E-state index < -0.39 is 0 Å². The number of ether oxygens (including phenoxy) is 1. The Morgan fingerprint density at radius 3 is 3.18 bits per heavy atom. The van der Waals surface area contributed by atoms with Crippen LogP contribution in [0, 0.1) is 0 Å². The van der Waals surface area contributed by atoms with Gasteiger partial charge in [-0.2, -0.15) is 4.98 Å². The molecule has 0 saturated heterocycles. The van der Waals surface area contributed by atoms with Gasteiger partial charge in [0, 0.05) is 24.7 Å². The zero-order valence-corrected chi connectivity index (χ0v) is 6.06. The molecule has 0 fully saturated rings. The molecule has 0 amide bonds. The minimum atomic E-state index is 0.587. The second-order valence-electron chi connectivity index (χ2n) is 2.10. The van der Waals surface area contributed by atoms with Crippen molar-refractivity contribution >= 4 is 5.78 Å². The summed E-state index contributed by atoms with van der Waals surface area (Å²) >= 11 is 0. The van der Waals surface area contributed by atoms with E-state index in [4.69, 9.17) is 4.74 Å². The molecule has 2 aromatic heterocycles. The van der Waals surface area contributed by atoms with E-state index in [1.165, 1.54) is 0 Å². The Morgan fingerprint density at radius 1 is 1.45 bits per heavy atom. The third-order valence-corrected chi connectivity index (χ3v) is 1.45. The molecule has 2 heterocycles. The number of aromatic nitrogens is 3. The van der Waals surface area contributed by atoms with E-state index in [1.807, 2.05) is 16.8 Å². The first-order chi connectivity index (χ1) is 5.40. The molecule has 0 unspecified atom stereocenters. The van der Waals surface area contributed by atoms with Crippen LogP contribution in [0.3, 0.4) is 0 Å². The summed E-state index contributed by atoms with van der Waals surface area (Å²) in [4.78, 5) is 8.08. The molecule has 0 bridgehead atoms. The van der Waals surface area contributed by atoms with Crippen LogP contribution < -0.4 is 4.74 Å². The molecule has 0 radical (unpaired) electrons. The van der Waals surface area contributed by atoms with Gasteiger partial charge < -0.3 is 4.74 Å². The number of methoxy groups -OCH3 is 1. The lowest BCUT2D eigenvalue weighted by Crippen LogP contribution is -1.91. The fourth-order valence-electron chi connectivity index (χ4n) is 0.902. The minimum absolute atomic E-state index is 0.587. The molecule has 0 aromatic carbocycles. The van der Waals surface area contributed by atoms with E-state index in [0.29, 0.717) is 11.7 Å². The van der Waals surface area contributed by atoms with Gasteiger partial charge in [-0.1, -0.05) is 0 Å². The molecule has 0 aliphatic carbocycles. The average molecular weight is 149 g/mol. The molecule has 0 atom stereocenters. The summed E-state index contributed by atoms with van der Waals surface area (Å²) in [6, 6.07) is 1.79. The van der Waals surface area contributed by atoms with Crippen LogP contribution in [0.5, 0.6) is 5.88 Å². The second kappa shape index (κ2) is 2.23. The third-order valence-electron chi connectivity index (χ3n) is 1.45. The Hall–Kier alpha value is -1.58. The maximum atomic E-state index is 4.93. The predicted molar refractivity (Wildman–Crippen MR) is 39.5 cm³/mol. The summed E-state index contributed by atoms with van der Waals surface area (Å²) in [5, 5.41) is 0. The van der Waals surface area contributed by atoms with Crippen molar-refractivity contribution in [3.8, 4) is 5.88 Å². The van der Waals surface area contributed by atoms with Crippen molar-refractivity contribution in [3.05, 3.63) is 24.7 Å². The first kappa shape index (κ1) is 6.15. The van der Waals surface area contributed by atoms with Gasteiger partial charge in [0.25, 0.3) is 0 Å². The highest BCUT2D eigenvalue weighted by atomic mass is 16.5. The SMILES string of the molecule is COc1ccn2ccnc2n1. The molecule has 0 N–H and O–H groups in total. The minimum Gasteiger partial charge on any atom is -0.481 e. The Morgan fingerprint density at radius 2 is 2.36 bits per heavy atom. The molecular formula is C7H7N3O. The molecule has 2 aromatic rings. The Balaban J connectivity index is 2.67. The van der Waals surface area contributed by atoms with Crippen LogP contribution in [0.4, 0.5) is 0 Å². The fourth-order valence-corrected chi connectivity index (χ4v) is 0.902. The van der Waals surface area contributed by atoms with Crippen molar-refractivity contribution in [2.24, 2.45) is 0 Å². The normalized spacial score (nSPS) is 10.3. The van der Waals surface area contributed by atoms with Gasteiger partial charge >= 0.3 is 0 Å². The topological polar surface area (TPSA) is 39.4 Å². The van der Waals surface area contributed by atoms with Gasteiger partial charge in [0.2, 0.25) is 11.7 Å². The summed E-state index contributed by atoms with van der Waals surface area (Å²) in [6.45, 7) is 0. The average Bonchev–Trinajstić information content (AvgIpc) is 2.50. The zero-order valence-electron chi connectivity index (χ0n) is 6.06. The largest absolute Gasteiger partial charge is 0.481 e. The standard InChI is InChI=1S/C7H7N3O/c1-11-6-2-4-10-5-3-8-7(10)9-6/h2-5H,1H3. The molecule has 0 saturated carbocycles. The van der Waals surface area contributed by atoms with Crippen molar-refractivity contribution in [2.45, 2.75) is 0 Å². The van der Waals surface area contributed by atoms with Crippen molar-refractivity contribution in [1.82, 2.24) is 14.4 Å². The van der Waals surface area contributed by atoms with E-state index in [9.17, 15) is 0 Å². The smallest absolute Gasteiger partial charge is 0.236 e. The zero-order chi connectivity index (χ0) is 7.68. The maximum Gasteiger partial charge on any atom is 0.236 e. The molecule has 4 heteroatoms. The van der Waals surface area contributed by atoms with Gasteiger partial charge in [0.1, 0.15) is 0 Å². The van der Waals surface area contributed by atoms with Gasteiger partial charge in [-0.25, -0.2) is 4.98 Å². The van der Waals surface area contributed by atoms with Gasteiger partial charge in [-0.3, -0.25) is 4.40 Å². The van der Waals surface area contributed by atoms with E-state index in [-0.39, 0.29) is 0 Å². The van der Waals surface area contributed by atoms with Crippen molar-refractivity contribution in [3.63, 3.8) is 0 Å². The maximum absolute atomic E-state index is 4.93. The lowest BCUT2D eigenvalue weighted by Gasteiger charge is -1.96. The summed E-state index contributed by atoms with van der Waals surface area (Å²) in [6.07, 6.45) is 5.39. The van der Waals surface area contributed by atoms with Gasteiger partial charge in [0.15, 0.2) is 0 Å². The number of rotatable bonds is 1. The number of hydrogen-bond donors (Lipinski definition) is 0. The number of imidazole rings is 1. The molecule has 4 nitrogen and oxygen atoms in total. The quantitative estimate of drug-likeness (QED) is 0.600. The van der Waals surface area contributed by atoms with Crippen LogP contribution in [0.2, 0.25) is 0 Å². The third kappa shape index (κ3) is 0.920. The van der Waals surface area contributed by atoms with Crippen molar-refractivity contribution in [1.29, 1.82) is 0 Å². The highest BCUT2D eigenvalue weighted by Gasteiger charge is 1.95. The molecule has 0 spiro atoms. The molecule has 0 aliphatic rings. The Kier molecular flexibility index (Phi) is 1.25. The molecule has 2 rings (SSSR count). The van der Waals surface area contributed by atoms with Crippen LogP contribution >= 0.6 is 0 Å². The van der Waals surface area contributed by atoms with E-state index >= 15 is 0 Å². The van der Waals surface area contributed by atoms with Crippen LogP contribution in [0.1, 0.15) is 0 Å². The van der Waals surface area contributed by atoms with E-state index in [0.717, 1.165) is 0 Å². The monoisotopic (exact) mass is 149 g/mol. The molecule has 0 aliphatic heterocycles. The van der Waals surface area contributed by atoms with E-state index in [1.54, 1.807) is 19.4 Å². The number of hydrogen-bond acceptors (Lipinski definition) is 3. The second-order valence-corrected chi connectivity index (χ2v) is 2.10. The number of nitrogens with zero attached hydrogens (tertiary/aromatic N) is 3. The summed E-state index contributed by atoms with van der Waals surface area (Å²) in [5.74, 6) is 1.24. The van der Waals surface area contributed by atoms with Crippen molar-refractivity contribution in [2.75, 3.05) is 7.11 Å². The lowest BCUT2D eigenvalue weighted by atomic mass is 10.6. The highest BCUT2D eigenvalue weighted by molar-refractivity contribution is 5.30. The highest BCUT2D eigenvalue weighted by Crippen LogP contribution is 2.05. The van der Waals surface area contributed by atoms with Crippen LogP contribution in [0.15, 0.2) is 24.7 Å². The Labute approximate surface area is 63.5 Å². The van der Waals surface area contributed by atoms with Gasteiger partial charge in [-0.05, 0) is 0 Å². The molecule has 56 valence electrons. The fraction of sp³-hybridized carbons (Fsp3) is 0.143.